The Morgan fingerprint density at radius 3 is 2.79 bits per heavy atom. The van der Waals surface area contributed by atoms with Crippen LogP contribution in [0, 0.1) is 0 Å². The Hall–Kier alpha value is -3.56. The van der Waals surface area contributed by atoms with Gasteiger partial charge in [-0.2, -0.15) is 0 Å². The van der Waals surface area contributed by atoms with Crippen molar-refractivity contribution in [3.05, 3.63) is 70.0 Å². The van der Waals surface area contributed by atoms with E-state index < -0.39 is 5.60 Å². The number of pyridine rings is 1. The molecule has 4 heterocycles. The highest BCUT2D eigenvalue weighted by Gasteiger charge is 2.31. The number of anilines is 2. The molecule has 6 rings (SSSR count). The second-order valence-electron chi connectivity index (χ2n) is 9.61. The van der Waals surface area contributed by atoms with Crippen LogP contribution in [0.5, 0.6) is 0 Å². The minimum absolute atomic E-state index is 0.0822. The van der Waals surface area contributed by atoms with Crippen molar-refractivity contribution >= 4 is 22.4 Å². The van der Waals surface area contributed by atoms with Crippen LogP contribution in [0.2, 0.25) is 0 Å². The molecule has 174 valence electrons. The molecular weight excluding hydrogens is 430 g/mol. The van der Waals surface area contributed by atoms with E-state index in [4.69, 9.17) is 0 Å². The van der Waals surface area contributed by atoms with Gasteiger partial charge in [-0.25, -0.2) is 24.3 Å². The normalized spacial score (nSPS) is 16.0. The monoisotopic (exact) mass is 457 g/mol. The first-order valence-corrected chi connectivity index (χ1v) is 11.7. The molecule has 3 aromatic heterocycles. The van der Waals surface area contributed by atoms with Gasteiger partial charge in [-0.05, 0) is 62.9 Å². The summed E-state index contributed by atoms with van der Waals surface area (Å²) >= 11 is 0. The molecular formula is C25H27N7O2. The summed E-state index contributed by atoms with van der Waals surface area (Å²) in [4.78, 5) is 26.7. The summed E-state index contributed by atoms with van der Waals surface area (Å²) in [7, 11) is 0. The maximum atomic E-state index is 13.3. The highest BCUT2D eigenvalue weighted by Crippen LogP contribution is 2.36. The summed E-state index contributed by atoms with van der Waals surface area (Å²) in [5.74, 6) is 1.50. The van der Waals surface area contributed by atoms with Crippen LogP contribution >= 0.6 is 0 Å². The third kappa shape index (κ3) is 3.66. The second-order valence-corrected chi connectivity index (χ2v) is 9.61. The van der Waals surface area contributed by atoms with Gasteiger partial charge in [0, 0.05) is 36.8 Å². The Morgan fingerprint density at radius 1 is 1.15 bits per heavy atom. The molecule has 9 nitrogen and oxygen atoms in total. The van der Waals surface area contributed by atoms with Gasteiger partial charge in [-0.3, -0.25) is 4.79 Å². The Morgan fingerprint density at radius 2 is 2.00 bits per heavy atom. The van der Waals surface area contributed by atoms with Crippen molar-refractivity contribution in [1.82, 2.24) is 29.6 Å². The van der Waals surface area contributed by atoms with Crippen LogP contribution in [-0.2, 0) is 18.6 Å². The third-order valence-electron chi connectivity index (χ3n) is 6.43. The number of nitrogens with zero attached hydrogens (tertiary/aromatic N) is 5. The smallest absolute Gasteiger partial charge is 0.276 e. The Balaban J connectivity index is 1.46. The predicted octanol–water partition coefficient (Wildman–Crippen LogP) is 2.93. The first-order valence-electron chi connectivity index (χ1n) is 11.7. The van der Waals surface area contributed by atoms with Crippen LogP contribution in [0.25, 0.3) is 16.7 Å². The maximum Gasteiger partial charge on any atom is 0.276 e. The van der Waals surface area contributed by atoms with Crippen molar-refractivity contribution < 1.29 is 5.11 Å². The molecule has 0 bridgehead atoms. The highest BCUT2D eigenvalue weighted by atomic mass is 16.3. The van der Waals surface area contributed by atoms with Crippen molar-refractivity contribution in [3.8, 4) is 5.82 Å². The van der Waals surface area contributed by atoms with E-state index in [-0.39, 0.29) is 11.6 Å². The Labute approximate surface area is 196 Å². The van der Waals surface area contributed by atoms with Gasteiger partial charge >= 0.3 is 0 Å². The lowest BCUT2D eigenvalue weighted by Crippen LogP contribution is -2.24. The minimum Gasteiger partial charge on any atom is -0.382 e. The number of nitrogens with one attached hydrogen (secondary N) is 2. The molecule has 1 fully saturated rings. The van der Waals surface area contributed by atoms with Crippen molar-refractivity contribution in [3.63, 3.8) is 0 Å². The number of rotatable bonds is 5. The lowest BCUT2D eigenvalue weighted by atomic mass is 10.0. The van der Waals surface area contributed by atoms with Gasteiger partial charge < -0.3 is 15.7 Å². The van der Waals surface area contributed by atoms with Crippen LogP contribution in [-0.4, -0.2) is 36.0 Å². The zero-order chi connectivity index (χ0) is 23.4. The molecule has 1 aliphatic heterocycles. The van der Waals surface area contributed by atoms with Crippen LogP contribution in [0.1, 0.15) is 49.7 Å². The lowest BCUT2D eigenvalue weighted by Gasteiger charge is -2.18. The zero-order valence-electron chi connectivity index (χ0n) is 19.2. The summed E-state index contributed by atoms with van der Waals surface area (Å²) in [6.07, 6.45) is 6.14. The van der Waals surface area contributed by atoms with E-state index in [2.05, 4.69) is 43.8 Å². The van der Waals surface area contributed by atoms with Crippen LogP contribution in [0.4, 0.5) is 11.5 Å². The quantitative estimate of drug-likeness (QED) is 0.423. The largest absolute Gasteiger partial charge is 0.382 e. The molecule has 0 radical (unpaired) electrons. The number of hydrogen-bond donors (Lipinski definition) is 3. The molecule has 0 saturated heterocycles. The van der Waals surface area contributed by atoms with Gasteiger partial charge in [-0.15, -0.1) is 0 Å². The fourth-order valence-electron chi connectivity index (χ4n) is 4.53. The molecule has 1 aromatic carbocycles. The third-order valence-corrected chi connectivity index (χ3v) is 6.43. The molecule has 0 unspecified atom stereocenters. The summed E-state index contributed by atoms with van der Waals surface area (Å²) in [6, 6.07) is 10.2. The first-order chi connectivity index (χ1) is 16.4. The summed E-state index contributed by atoms with van der Waals surface area (Å²) in [5, 5.41) is 17.8. The Bertz CT molecular complexity index is 1460. The van der Waals surface area contributed by atoms with Gasteiger partial charge in [0.25, 0.3) is 5.56 Å². The maximum absolute atomic E-state index is 13.3. The van der Waals surface area contributed by atoms with Gasteiger partial charge in [0.2, 0.25) is 0 Å². The topological polar surface area (TPSA) is 110 Å². The van der Waals surface area contributed by atoms with Gasteiger partial charge in [0.05, 0.1) is 16.9 Å². The number of aliphatic hydroxyl groups is 1. The van der Waals surface area contributed by atoms with E-state index >= 15 is 0 Å². The molecule has 1 saturated carbocycles. The van der Waals surface area contributed by atoms with E-state index in [9.17, 15) is 9.90 Å². The van der Waals surface area contributed by atoms with E-state index in [1.54, 1.807) is 37.0 Å². The molecule has 0 spiro atoms. The number of benzene rings is 1. The van der Waals surface area contributed by atoms with Crippen molar-refractivity contribution in [2.75, 3.05) is 11.9 Å². The highest BCUT2D eigenvalue weighted by molar-refractivity contribution is 5.82. The molecule has 1 aliphatic carbocycles. The SMILES string of the molecule is CC(C)(O)c1nccc(-n2c3cc(Nc4ccc5c(c4)CCNC5)ncc3c(=O)n2C2CC2)n1. The van der Waals surface area contributed by atoms with E-state index in [0.717, 1.165) is 43.6 Å². The van der Waals surface area contributed by atoms with Crippen LogP contribution in [0.3, 0.4) is 0 Å². The molecule has 2 aliphatic rings. The average molecular weight is 458 g/mol. The van der Waals surface area contributed by atoms with E-state index in [0.29, 0.717) is 22.8 Å². The van der Waals surface area contributed by atoms with Gasteiger partial charge in [-0.1, -0.05) is 6.07 Å². The standard InChI is InChI=1S/C25H27N7O2/c1-25(2,34)24-27-10-8-22(30-24)32-20-12-21(28-14-19(20)23(33)31(32)18-5-6-18)29-17-4-3-16-13-26-9-7-15(16)11-17/h3-4,8,10-12,14,18,26,34H,5-7,9,13H2,1-2H3,(H,28,29). The number of aromatic nitrogens is 5. The molecule has 3 N–H and O–H groups in total. The van der Waals surface area contributed by atoms with Crippen molar-refractivity contribution in [2.24, 2.45) is 0 Å². The average Bonchev–Trinajstić information content (AvgIpc) is 3.62. The summed E-state index contributed by atoms with van der Waals surface area (Å²) < 4.78 is 3.61. The molecule has 4 aromatic rings. The fraction of sp³-hybridized carbons (Fsp3) is 0.360. The zero-order valence-corrected chi connectivity index (χ0v) is 19.2. The van der Waals surface area contributed by atoms with E-state index in [1.165, 1.54) is 11.1 Å². The van der Waals surface area contributed by atoms with Crippen molar-refractivity contribution in [1.29, 1.82) is 0 Å². The minimum atomic E-state index is -1.19. The van der Waals surface area contributed by atoms with Crippen LogP contribution in [0.15, 0.2) is 47.5 Å². The summed E-state index contributed by atoms with van der Waals surface area (Å²) in [6.45, 7) is 5.17. The lowest BCUT2D eigenvalue weighted by molar-refractivity contribution is 0.0686. The van der Waals surface area contributed by atoms with Gasteiger partial charge in [0.15, 0.2) is 11.6 Å². The molecule has 0 amide bonds. The van der Waals surface area contributed by atoms with Crippen LogP contribution < -0.4 is 16.2 Å². The van der Waals surface area contributed by atoms with Gasteiger partial charge in [0.1, 0.15) is 11.4 Å². The van der Waals surface area contributed by atoms with E-state index in [1.807, 2.05) is 10.7 Å². The molecule has 0 atom stereocenters. The molecule has 34 heavy (non-hydrogen) atoms. The fourth-order valence-corrected chi connectivity index (χ4v) is 4.53. The second kappa shape index (κ2) is 7.75. The molecule has 9 heteroatoms. The number of hydrogen-bond acceptors (Lipinski definition) is 7. The summed E-state index contributed by atoms with van der Waals surface area (Å²) in [5.41, 5.74) is 3.07. The van der Waals surface area contributed by atoms with Crippen molar-refractivity contribution in [2.45, 2.75) is 51.3 Å². The predicted molar refractivity (Wildman–Crippen MR) is 130 cm³/mol. The Kier molecular flexibility index (Phi) is 4.79. The first kappa shape index (κ1) is 21.0. The number of fused-ring (bicyclic) bond motifs is 2.